The van der Waals surface area contributed by atoms with Gasteiger partial charge in [-0.1, -0.05) is 18.6 Å². The number of rotatable bonds is 7. The third-order valence-electron chi connectivity index (χ3n) is 4.20. The second-order valence-corrected chi connectivity index (χ2v) is 6.56. The van der Waals surface area contributed by atoms with Crippen LogP contribution >= 0.6 is 0 Å². The summed E-state index contributed by atoms with van der Waals surface area (Å²) in [6.07, 6.45) is -2.60. The Morgan fingerprint density at radius 3 is 2.29 bits per heavy atom. The number of nitrogens with zero attached hydrogens (tertiary/aromatic N) is 5. The van der Waals surface area contributed by atoms with Gasteiger partial charge in [0.15, 0.2) is 5.82 Å². The smallest absolute Gasteiger partial charge is 0.475 e. The molecule has 1 aliphatic heterocycles. The van der Waals surface area contributed by atoms with Crippen LogP contribution in [0.25, 0.3) is 0 Å². The van der Waals surface area contributed by atoms with Crippen molar-refractivity contribution in [2.45, 2.75) is 44.8 Å². The van der Waals surface area contributed by atoms with Crippen LogP contribution in [-0.4, -0.2) is 98.5 Å². The van der Waals surface area contributed by atoms with E-state index in [1.165, 1.54) is 0 Å². The predicted octanol–water partition coefficient (Wildman–Crippen LogP) is 0.174. The van der Waals surface area contributed by atoms with Crippen LogP contribution in [0.15, 0.2) is 0 Å². The van der Waals surface area contributed by atoms with E-state index in [0.29, 0.717) is 51.5 Å². The van der Waals surface area contributed by atoms with Crippen molar-refractivity contribution in [2.24, 2.45) is 5.73 Å². The van der Waals surface area contributed by atoms with E-state index in [1.807, 2.05) is 6.92 Å². The Labute approximate surface area is 175 Å². The molecule has 0 saturated carbocycles. The maximum absolute atomic E-state index is 12.3. The summed E-state index contributed by atoms with van der Waals surface area (Å²) < 4.78 is 36.9. The van der Waals surface area contributed by atoms with Gasteiger partial charge in [0.25, 0.3) is 0 Å². The van der Waals surface area contributed by atoms with Gasteiger partial charge in [0.2, 0.25) is 5.91 Å². The highest BCUT2D eigenvalue weighted by Crippen LogP contribution is 2.13. The fourth-order valence-corrected chi connectivity index (χ4v) is 2.44. The van der Waals surface area contributed by atoms with Gasteiger partial charge in [-0.05, 0) is 12.8 Å². The van der Waals surface area contributed by atoms with E-state index in [0.717, 1.165) is 12.8 Å². The topological polar surface area (TPSA) is 168 Å². The number of halogens is 3. The molecule has 1 atom stereocenters. The first kappa shape index (κ1) is 26.1. The molecule has 1 aromatic heterocycles. The molecule has 0 aliphatic carbocycles. The minimum absolute atomic E-state index is 0.113. The summed E-state index contributed by atoms with van der Waals surface area (Å²) in [6, 6.07) is -0.605. The Kier molecular flexibility index (Phi) is 10.6. The number of aryl methyl sites for hydroxylation is 1. The normalized spacial score (nSPS) is 15.0. The van der Waals surface area contributed by atoms with Crippen LogP contribution in [0.1, 0.15) is 32.0 Å². The molecule has 0 spiro atoms. The number of nitrogens with two attached hydrogens (primary N) is 1. The lowest BCUT2D eigenvalue weighted by molar-refractivity contribution is -0.192. The molecule has 1 aliphatic rings. The average Bonchev–Trinajstić information content (AvgIpc) is 3.25. The zero-order chi connectivity index (χ0) is 23.4. The molecule has 1 aromatic rings. The zero-order valence-electron chi connectivity index (χ0n) is 17.0. The number of tetrazole rings is 1. The maximum atomic E-state index is 12.3. The van der Waals surface area contributed by atoms with Crippen molar-refractivity contribution in [3.05, 3.63) is 5.82 Å². The molecule has 1 saturated heterocycles. The molecule has 176 valence electrons. The van der Waals surface area contributed by atoms with E-state index in [4.69, 9.17) is 20.4 Å². The number of H-pyrrole nitrogens is 1. The number of hydrogen-bond donors (Lipinski definition) is 3. The summed E-state index contributed by atoms with van der Waals surface area (Å²) in [5.74, 6) is -2.33. The van der Waals surface area contributed by atoms with Gasteiger partial charge in [-0.3, -0.25) is 4.79 Å². The molecule has 1 fully saturated rings. The summed E-state index contributed by atoms with van der Waals surface area (Å²) in [6.45, 7) is 4.35. The SMILES string of the molecule is CCCCOC(=O)N1CCN(C(=O)[C@@H](N)CCc2nn[nH]n2)CC1.O=C(O)C(F)(F)F. The van der Waals surface area contributed by atoms with Crippen molar-refractivity contribution >= 4 is 18.0 Å². The van der Waals surface area contributed by atoms with Gasteiger partial charge in [-0.25, -0.2) is 9.59 Å². The van der Waals surface area contributed by atoms with Crippen molar-refractivity contribution in [1.29, 1.82) is 0 Å². The Morgan fingerprint density at radius 1 is 1.23 bits per heavy atom. The number of amides is 2. The number of alkyl halides is 3. The number of carbonyl (C=O) groups is 3. The maximum Gasteiger partial charge on any atom is 0.490 e. The quantitative estimate of drug-likeness (QED) is 0.488. The zero-order valence-corrected chi connectivity index (χ0v) is 17.0. The van der Waals surface area contributed by atoms with E-state index in [2.05, 4.69) is 20.6 Å². The summed E-state index contributed by atoms with van der Waals surface area (Å²) in [4.78, 5) is 36.4. The fourth-order valence-electron chi connectivity index (χ4n) is 2.44. The fraction of sp³-hybridized carbons (Fsp3) is 0.750. The minimum Gasteiger partial charge on any atom is -0.475 e. The van der Waals surface area contributed by atoms with Crippen LogP contribution in [0.3, 0.4) is 0 Å². The van der Waals surface area contributed by atoms with Gasteiger partial charge in [0.05, 0.1) is 12.6 Å². The number of aromatic amines is 1. The molecule has 0 bridgehead atoms. The van der Waals surface area contributed by atoms with Gasteiger partial charge >= 0.3 is 18.2 Å². The summed E-state index contributed by atoms with van der Waals surface area (Å²) in [5, 5.41) is 20.6. The number of piperazine rings is 1. The molecule has 0 radical (unpaired) electrons. The lowest BCUT2D eigenvalue weighted by Crippen LogP contribution is -2.54. The van der Waals surface area contributed by atoms with Gasteiger partial charge < -0.3 is 25.4 Å². The first-order chi connectivity index (χ1) is 14.6. The third kappa shape index (κ3) is 9.59. The molecule has 2 rings (SSSR count). The Bertz CT molecular complexity index is 694. The molecular weight excluding hydrogens is 427 g/mol. The molecule has 2 amide bonds. The number of carboxylic acid groups (broad SMARTS) is 1. The molecule has 0 aromatic carbocycles. The first-order valence-electron chi connectivity index (χ1n) is 9.54. The van der Waals surface area contributed by atoms with E-state index in [1.54, 1.807) is 9.80 Å². The molecular formula is C16H26F3N7O5. The van der Waals surface area contributed by atoms with Crippen molar-refractivity contribution in [3.8, 4) is 0 Å². The molecule has 31 heavy (non-hydrogen) atoms. The number of unbranched alkanes of at least 4 members (excludes halogenated alkanes) is 1. The van der Waals surface area contributed by atoms with E-state index < -0.39 is 18.2 Å². The van der Waals surface area contributed by atoms with Crippen molar-refractivity contribution in [1.82, 2.24) is 30.4 Å². The molecule has 0 unspecified atom stereocenters. The van der Waals surface area contributed by atoms with Crippen LogP contribution in [0.2, 0.25) is 0 Å². The van der Waals surface area contributed by atoms with Crippen molar-refractivity contribution in [2.75, 3.05) is 32.8 Å². The lowest BCUT2D eigenvalue weighted by atomic mass is 10.1. The summed E-state index contributed by atoms with van der Waals surface area (Å²) >= 11 is 0. The van der Waals surface area contributed by atoms with E-state index >= 15 is 0 Å². The standard InChI is InChI=1S/C14H25N7O3.C2HF3O2/c1-2-3-10-24-14(23)21-8-6-20(7-9-21)13(22)11(15)4-5-12-16-18-19-17-12;3-2(4,5)1(6)7/h11H,2-10,15H2,1H3,(H,16,17,18,19);(H,6,7)/t11-;/m0./s1. The number of carbonyl (C=O) groups excluding carboxylic acids is 2. The average molecular weight is 453 g/mol. The van der Waals surface area contributed by atoms with Gasteiger partial charge in [0, 0.05) is 32.6 Å². The number of aliphatic carboxylic acids is 1. The Balaban J connectivity index is 0.000000592. The monoisotopic (exact) mass is 453 g/mol. The summed E-state index contributed by atoms with van der Waals surface area (Å²) in [5.41, 5.74) is 5.96. The number of nitrogens with one attached hydrogen (secondary N) is 1. The highest BCUT2D eigenvalue weighted by molar-refractivity contribution is 5.82. The van der Waals surface area contributed by atoms with Crippen LogP contribution in [-0.2, 0) is 20.7 Å². The van der Waals surface area contributed by atoms with Gasteiger partial charge in [-0.2, -0.15) is 18.4 Å². The number of aromatic nitrogens is 4. The molecule has 4 N–H and O–H groups in total. The molecule has 12 nitrogen and oxygen atoms in total. The Hall–Kier alpha value is -2.97. The third-order valence-corrected chi connectivity index (χ3v) is 4.20. The van der Waals surface area contributed by atoms with Crippen molar-refractivity contribution in [3.63, 3.8) is 0 Å². The number of carboxylic acids is 1. The van der Waals surface area contributed by atoms with E-state index in [-0.39, 0.29) is 12.0 Å². The van der Waals surface area contributed by atoms with Gasteiger partial charge in [-0.15, -0.1) is 10.2 Å². The van der Waals surface area contributed by atoms with Crippen LogP contribution in [0, 0.1) is 0 Å². The second-order valence-electron chi connectivity index (χ2n) is 6.56. The predicted molar refractivity (Wildman–Crippen MR) is 98.6 cm³/mol. The second kappa shape index (κ2) is 12.7. The minimum atomic E-state index is -5.08. The first-order valence-corrected chi connectivity index (χ1v) is 9.54. The van der Waals surface area contributed by atoms with E-state index in [9.17, 15) is 22.8 Å². The van der Waals surface area contributed by atoms with Crippen molar-refractivity contribution < 1.29 is 37.4 Å². The Morgan fingerprint density at radius 2 is 1.81 bits per heavy atom. The largest absolute Gasteiger partial charge is 0.490 e. The number of ether oxygens (including phenoxy) is 1. The summed E-state index contributed by atoms with van der Waals surface area (Å²) in [7, 11) is 0. The highest BCUT2D eigenvalue weighted by atomic mass is 19.4. The highest BCUT2D eigenvalue weighted by Gasteiger charge is 2.38. The molecule has 15 heteroatoms. The number of hydrogen-bond acceptors (Lipinski definition) is 8. The molecule has 2 heterocycles. The van der Waals surface area contributed by atoms with Crippen LogP contribution in [0.5, 0.6) is 0 Å². The lowest BCUT2D eigenvalue weighted by Gasteiger charge is -2.35. The van der Waals surface area contributed by atoms with Gasteiger partial charge in [0.1, 0.15) is 0 Å². The van der Waals surface area contributed by atoms with Crippen LogP contribution < -0.4 is 5.73 Å². The van der Waals surface area contributed by atoms with Crippen LogP contribution in [0.4, 0.5) is 18.0 Å².